The van der Waals surface area contributed by atoms with Gasteiger partial charge in [0, 0.05) is 31.7 Å². The van der Waals surface area contributed by atoms with E-state index in [1.807, 2.05) is 16.7 Å². The number of halogens is 1. The lowest BCUT2D eigenvalue weighted by Crippen LogP contribution is -2.60. The molecule has 2 N–H and O–H groups in total. The van der Waals surface area contributed by atoms with Crippen LogP contribution in [-0.4, -0.2) is 53.8 Å². The second-order valence-electron chi connectivity index (χ2n) is 6.27. The van der Waals surface area contributed by atoms with E-state index in [2.05, 4.69) is 5.32 Å². The number of aliphatic carboxylic acids is 1. The van der Waals surface area contributed by atoms with E-state index in [-0.39, 0.29) is 10.9 Å². The molecule has 0 aliphatic carbocycles. The van der Waals surface area contributed by atoms with E-state index in [1.165, 1.54) is 17.8 Å². The quantitative estimate of drug-likeness (QED) is 0.780. The minimum absolute atomic E-state index is 0.0741. The molecule has 3 aliphatic rings. The number of piperazine rings is 1. The Morgan fingerprint density at radius 2 is 2.04 bits per heavy atom. The number of carbonyl (C=O) groups excluding carboxylic acids is 1. The number of Topliss-reactive ketones (excluding diaryl/α,β-unsaturated/α-hetero) is 1. The molecule has 0 radical (unpaired) electrons. The van der Waals surface area contributed by atoms with Crippen molar-refractivity contribution in [1.29, 1.82) is 0 Å². The van der Waals surface area contributed by atoms with E-state index in [1.54, 1.807) is 6.07 Å². The molecule has 8 heteroatoms. The van der Waals surface area contributed by atoms with Crippen molar-refractivity contribution in [3.8, 4) is 0 Å². The van der Waals surface area contributed by atoms with Crippen LogP contribution >= 0.6 is 11.8 Å². The Labute approximate surface area is 143 Å². The van der Waals surface area contributed by atoms with Gasteiger partial charge in [-0.3, -0.25) is 9.59 Å². The molecular weight excluding hydrogens is 333 g/mol. The lowest BCUT2D eigenvalue weighted by atomic mass is 9.89. The van der Waals surface area contributed by atoms with E-state index in [4.69, 9.17) is 0 Å². The van der Waals surface area contributed by atoms with E-state index in [0.717, 1.165) is 13.1 Å². The average molecular weight is 351 g/mol. The molecule has 24 heavy (non-hydrogen) atoms. The zero-order valence-electron chi connectivity index (χ0n) is 13.2. The van der Waals surface area contributed by atoms with Crippen LogP contribution in [0.1, 0.15) is 17.3 Å². The smallest absolute Gasteiger partial charge is 0.317 e. The first-order valence-electron chi connectivity index (χ1n) is 7.99. The second-order valence-corrected chi connectivity index (χ2v) is 7.71. The van der Waals surface area contributed by atoms with Crippen LogP contribution in [-0.2, 0) is 4.79 Å². The monoisotopic (exact) mass is 351 g/mol. The summed E-state index contributed by atoms with van der Waals surface area (Å²) in [6.07, 6.45) is 0. The molecule has 3 atom stereocenters. The highest BCUT2D eigenvalue weighted by Crippen LogP contribution is 2.51. The van der Waals surface area contributed by atoms with Gasteiger partial charge in [0.25, 0.3) is 0 Å². The summed E-state index contributed by atoms with van der Waals surface area (Å²) in [6.45, 7) is 4.95. The second kappa shape index (κ2) is 5.63. The Balaban J connectivity index is 1.79. The van der Waals surface area contributed by atoms with Crippen molar-refractivity contribution in [2.75, 3.05) is 36.0 Å². The zero-order valence-corrected chi connectivity index (χ0v) is 14.0. The number of hydrogen-bond acceptors (Lipinski definition) is 6. The summed E-state index contributed by atoms with van der Waals surface area (Å²) < 4.78 is 14.6. The van der Waals surface area contributed by atoms with Crippen LogP contribution in [0.25, 0.3) is 0 Å². The Morgan fingerprint density at radius 3 is 2.67 bits per heavy atom. The molecule has 0 saturated carbocycles. The predicted octanol–water partition coefficient (Wildman–Crippen LogP) is 1.36. The van der Waals surface area contributed by atoms with Crippen molar-refractivity contribution in [3.63, 3.8) is 0 Å². The van der Waals surface area contributed by atoms with Crippen molar-refractivity contribution < 1.29 is 19.1 Å². The molecule has 128 valence electrons. The van der Waals surface area contributed by atoms with E-state index < -0.39 is 28.9 Å². The van der Waals surface area contributed by atoms with Crippen molar-refractivity contribution in [2.24, 2.45) is 5.92 Å². The molecule has 6 nitrogen and oxygen atoms in total. The Kier molecular flexibility index (Phi) is 3.69. The third-order valence-electron chi connectivity index (χ3n) is 4.90. The van der Waals surface area contributed by atoms with Crippen LogP contribution in [0.3, 0.4) is 0 Å². The average Bonchev–Trinajstić information content (AvgIpc) is 2.55. The third-order valence-corrected chi connectivity index (χ3v) is 6.30. The molecule has 1 aromatic carbocycles. The lowest BCUT2D eigenvalue weighted by Gasteiger charge is -2.53. The summed E-state index contributed by atoms with van der Waals surface area (Å²) in [5, 5.41) is 12.3. The van der Waals surface area contributed by atoms with Crippen LogP contribution < -0.4 is 15.1 Å². The van der Waals surface area contributed by atoms with Crippen LogP contribution in [0.15, 0.2) is 12.1 Å². The van der Waals surface area contributed by atoms with Gasteiger partial charge in [0.2, 0.25) is 0 Å². The minimum Gasteiger partial charge on any atom is -0.481 e. The molecule has 0 bridgehead atoms. The fourth-order valence-corrected chi connectivity index (χ4v) is 5.10. The number of thioether (sulfide) groups is 1. The van der Waals surface area contributed by atoms with Gasteiger partial charge in [-0.15, -0.1) is 11.8 Å². The van der Waals surface area contributed by atoms with E-state index in [0.29, 0.717) is 24.5 Å². The first-order chi connectivity index (χ1) is 11.5. The van der Waals surface area contributed by atoms with Gasteiger partial charge in [0.05, 0.1) is 22.1 Å². The SMILES string of the molecule is C[C@@H]1SC2C(C(=O)O)C(=O)c3cc(F)c(N4CCNCC4)cc3N21. The van der Waals surface area contributed by atoms with Crippen molar-refractivity contribution in [2.45, 2.75) is 17.7 Å². The summed E-state index contributed by atoms with van der Waals surface area (Å²) in [5.74, 6) is -3.24. The maximum absolute atomic E-state index is 14.6. The lowest BCUT2D eigenvalue weighted by molar-refractivity contribution is -0.140. The molecule has 2 saturated heterocycles. The van der Waals surface area contributed by atoms with Gasteiger partial charge >= 0.3 is 5.97 Å². The number of carbonyl (C=O) groups is 2. The van der Waals surface area contributed by atoms with Gasteiger partial charge in [-0.2, -0.15) is 0 Å². The van der Waals surface area contributed by atoms with Gasteiger partial charge in [0.1, 0.15) is 11.7 Å². The first kappa shape index (κ1) is 15.7. The maximum atomic E-state index is 14.6. The molecule has 1 aromatic rings. The number of nitrogens with zero attached hydrogens (tertiary/aromatic N) is 2. The standard InChI is InChI=1S/C16H18FN3O3S/c1-8-20-11-7-12(19-4-2-18-3-5-19)10(17)6-9(11)14(21)13(16(22)23)15(20)24-8/h6-8,13,15,18H,2-5H2,1H3,(H,22,23)/t8-,13?,15?/m0/s1. The molecular formula is C16H18FN3O3S. The zero-order chi connectivity index (χ0) is 17.0. The van der Waals surface area contributed by atoms with Gasteiger partial charge in [-0.1, -0.05) is 0 Å². The number of carboxylic acid groups (broad SMARTS) is 1. The minimum atomic E-state index is -1.15. The first-order valence-corrected chi connectivity index (χ1v) is 8.93. The summed E-state index contributed by atoms with van der Waals surface area (Å²) in [7, 11) is 0. The molecule has 2 unspecified atom stereocenters. The van der Waals surface area contributed by atoms with Gasteiger partial charge < -0.3 is 20.2 Å². The summed E-state index contributed by atoms with van der Waals surface area (Å²) >= 11 is 1.47. The van der Waals surface area contributed by atoms with Crippen LogP contribution in [0.4, 0.5) is 15.8 Å². The third kappa shape index (κ3) is 2.20. The van der Waals surface area contributed by atoms with Gasteiger partial charge in [-0.05, 0) is 19.1 Å². The number of anilines is 2. The highest BCUT2D eigenvalue weighted by molar-refractivity contribution is 8.02. The topological polar surface area (TPSA) is 72.9 Å². The Hall–Kier alpha value is -1.80. The van der Waals surface area contributed by atoms with Gasteiger partial charge in [-0.25, -0.2) is 4.39 Å². The number of ketones is 1. The van der Waals surface area contributed by atoms with Crippen molar-refractivity contribution in [3.05, 3.63) is 23.5 Å². The highest BCUT2D eigenvalue weighted by atomic mass is 32.2. The number of nitrogens with one attached hydrogen (secondary N) is 1. The Bertz CT molecular complexity index is 723. The fraction of sp³-hybridized carbons (Fsp3) is 0.500. The van der Waals surface area contributed by atoms with Gasteiger partial charge in [0.15, 0.2) is 5.78 Å². The molecule has 3 heterocycles. The molecule has 3 aliphatic heterocycles. The normalized spacial score (nSPS) is 28.9. The number of fused-ring (bicyclic) bond motifs is 3. The predicted molar refractivity (Wildman–Crippen MR) is 90.3 cm³/mol. The molecule has 4 rings (SSSR count). The molecule has 0 spiro atoms. The van der Waals surface area contributed by atoms with Crippen LogP contribution in [0, 0.1) is 11.7 Å². The number of rotatable bonds is 2. The fourth-order valence-electron chi connectivity index (χ4n) is 3.69. The Morgan fingerprint density at radius 1 is 1.33 bits per heavy atom. The maximum Gasteiger partial charge on any atom is 0.317 e. The van der Waals surface area contributed by atoms with Crippen LogP contribution in [0.5, 0.6) is 0 Å². The highest BCUT2D eigenvalue weighted by Gasteiger charge is 2.53. The largest absolute Gasteiger partial charge is 0.481 e. The number of benzene rings is 1. The summed E-state index contributed by atoms with van der Waals surface area (Å²) in [5.41, 5.74) is 1.32. The summed E-state index contributed by atoms with van der Waals surface area (Å²) in [6, 6.07) is 2.94. The molecule has 0 aromatic heterocycles. The van der Waals surface area contributed by atoms with Crippen molar-refractivity contribution in [1.82, 2.24) is 5.32 Å². The number of hydrogen-bond donors (Lipinski definition) is 2. The van der Waals surface area contributed by atoms with Crippen molar-refractivity contribution >= 4 is 34.9 Å². The molecule has 2 fully saturated rings. The van der Waals surface area contributed by atoms with E-state index >= 15 is 0 Å². The van der Waals surface area contributed by atoms with Crippen LogP contribution in [0.2, 0.25) is 0 Å². The van der Waals surface area contributed by atoms with E-state index in [9.17, 15) is 19.1 Å². The number of carboxylic acids is 1. The summed E-state index contributed by atoms with van der Waals surface area (Å²) in [4.78, 5) is 28.0. The molecule has 0 amide bonds.